The Balaban J connectivity index is 0.00000135. The Hall–Kier alpha value is -0.907. The van der Waals surface area contributed by atoms with Gasteiger partial charge in [0.15, 0.2) is 0 Å². The maximum atomic E-state index is 2.51. The molecule has 2 unspecified atom stereocenters. The van der Waals surface area contributed by atoms with Gasteiger partial charge < -0.3 is 12.4 Å². The Bertz CT molecular complexity index is 737. The molecule has 0 N–H and O–H groups in total. The number of hydrogen-bond acceptors (Lipinski definition) is 0. The fraction of sp³-hybridized carbons (Fsp3) is 0.238. The Labute approximate surface area is 155 Å². The summed E-state index contributed by atoms with van der Waals surface area (Å²) in [6.07, 6.45) is 11.2. The molecule has 113 valence electrons. The van der Waals surface area contributed by atoms with Crippen molar-refractivity contribution in [1.82, 2.24) is 0 Å². The van der Waals surface area contributed by atoms with Gasteiger partial charge in [0, 0.05) is 0 Å². The van der Waals surface area contributed by atoms with Crippen molar-refractivity contribution in [3.63, 3.8) is 0 Å². The summed E-state index contributed by atoms with van der Waals surface area (Å²) in [6, 6.07) is 18.1. The quantitative estimate of drug-likeness (QED) is 0.732. The van der Waals surface area contributed by atoms with Crippen molar-refractivity contribution >= 4 is 12.2 Å². The molecule has 2 aromatic rings. The van der Waals surface area contributed by atoms with Gasteiger partial charge in [0.25, 0.3) is 0 Å². The van der Waals surface area contributed by atoms with Crippen LogP contribution in [0.25, 0.3) is 12.2 Å². The molecule has 0 nitrogen and oxygen atoms in total. The minimum atomic E-state index is -0.336. The van der Waals surface area contributed by atoms with Gasteiger partial charge in [-0.25, -0.2) is 0 Å². The van der Waals surface area contributed by atoms with Crippen molar-refractivity contribution in [2.75, 3.05) is 0 Å². The van der Waals surface area contributed by atoms with E-state index < -0.39 is 0 Å². The zero-order valence-corrected chi connectivity index (χ0v) is 16.1. The number of rotatable bonds is 2. The van der Waals surface area contributed by atoms with Gasteiger partial charge in [-0.2, -0.15) is 0 Å². The smallest absolute Gasteiger partial charge is 1.00 e. The molecule has 0 bridgehead atoms. The van der Waals surface area contributed by atoms with E-state index >= 15 is 0 Å². The first-order valence-corrected chi connectivity index (χ1v) is 11.1. The molecule has 2 aliphatic carbocycles. The van der Waals surface area contributed by atoms with Crippen LogP contribution in [0.1, 0.15) is 40.5 Å². The van der Waals surface area contributed by atoms with Crippen LogP contribution in [0, 0.1) is 0 Å². The van der Waals surface area contributed by atoms with Gasteiger partial charge in [-0.3, -0.25) is 0 Å². The third-order valence-corrected chi connectivity index (χ3v) is 10.7. The topological polar surface area (TPSA) is 0 Å². The van der Waals surface area contributed by atoms with Crippen molar-refractivity contribution in [3.8, 4) is 0 Å². The van der Waals surface area contributed by atoms with E-state index in [2.05, 4.69) is 72.8 Å². The zero-order valence-electron chi connectivity index (χ0n) is 12.9. The second-order valence-electron chi connectivity index (χ2n) is 6.65. The van der Waals surface area contributed by atoms with E-state index in [9.17, 15) is 0 Å². The van der Waals surface area contributed by atoms with E-state index in [0.717, 1.165) is 0 Å². The third kappa shape index (κ3) is 2.20. The molecule has 5 rings (SSSR count). The second kappa shape index (κ2) is 5.87. The number of hydrogen-bond donors (Lipinski definition) is 0. The van der Waals surface area contributed by atoms with Crippen molar-refractivity contribution in [3.05, 3.63) is 82.9 Å². The van der Waals surface area contributed by atoms with E-state index in [1.807, 2.05) is 0 Å². The van der Waals surface area contributed by atoms with Gasteiger partial charge in [-0.1, -0.05) is 0 Å². The van der Waals surface area contributed by atoms with Crippen LogP contribution in [0.15, 0.2) is 60.7 Å². The van der Waals surface area contributed by atoms with Crippen LogP contribution >= 0.6 is 0 Å². The maximum Gasteiger partial charge on any atom is -1.00 e. The summed E-state index contributed by atoms with van der Waals surface area (Å²) in [5.41, 5.74) is 6.07. The molecule has 0 amide bonds. The van der Waals surface area contributed by atoms with E-state index in [1.165, 1.54) is 17.5 Å². The number of fused-ring (bicyclic) bond motifs is 2. The summed E-state index contributed by atoms with van der Waals surface area (Å²) in [7, 11) is 0. The van der Waals surface area contributed by atoms with Crippen molar-refractivity contribution < 1.29 is 35.6 Å². The van der Waals surface area contributed by atoms with Crippen LogP contribution in [-0.4, -0.2) is 0 Å². The number of halogens is 1. The van der Waals surface area contributed by atoms with Gasteiger partial charge in [0.05, 0.1) is 0 Å². The summed E-state index contributed by atoms with van der Waals surface area (Å²) in [5.74, 6) is 1.31. The largest absolute Gasteiger partial charge is 1.00 e. The van der Waals surface area contributed by atoms with Gasteiger partial charge in [-0.05, 0) is 0 Å². The first-order chi connectivity index (χ1) is 10.9. The molecule has 1 fully saturated rings. The Morgan fingerprint density at radius 1 is 0.783 bits per heavy atom. The Morgan fingerprint density at radius 3 is 1.70 bits per heavy atom. The molecule has 3 aliphatic rings. The third-order valence-electron chi connectivity index (χ3n) is 5.70. The van der Waals surface area contributed by atoms with Crippen molar-refractivity contribution in [2.45, 2.75) is 25.5 Å². The first-order valence-electron chi connectivity index (χ1n) is 8.18. The van der Waals surface area contributed by atoms with Gasteiger partial charge in [-0.15, -0.1) is 0 Å². The SMILES string of the molecule is C1=CC([C]2(C3C=Cc4ccccc43)C[CH2][Zr+]2)c2ccccc21.[Cl-]. The molecule has 1 aliphatic heterocycles. The minimum absolute atomic E-state index is 0. The van der Waals surface area contributed by atoms with E-state index in [-0.39, 0.29) is 35.6 Å². The molecular formula is C21H18ClZr. The van der Waals surface area contributed by atoms with E-state index in [1.54, 1.807) is 15.3 Å². The molecule has 2 atom stereocenters. The van der Waals surface area contributed by atoms with Crippen LogP contribution in [-0.2, 0) is 23.2 Å². The first kappa shape index (κ1) is 15.6. The summed E-state index contributed by atoms with van der Waals surface area (Å²) in [5, 5.41) is 0. The van der Waals surface area contributed by atoms with E-state index in [0.29, 0.717) is 15.0 Å². The normalized spacial score (nSPS) is 28.9. The van der Waals surface area contributed by atoms with Crippen LogP contribution in [0.3, 0.4) is 0 Å². The second-order valence-corrected chi connectivity index (χ2v) is 11.0. The van der Waals surface area contributed by atoms with Crippen molar-refractivity contribution in [2.24, 2.45) is 0 Å². The monoisotopic (exact) mass is 395 g/mol. The molecule has 1 heterocycles. The maximum absolute atomic E-state index is 2.51. The molecule has 0 radical (unpaired) electrons. The molecule has 2 aromatic carbocycles. The summed E-state index contributed by atoms with van der Waals surface area (Å²) >= 11 is -0.336. The Kier molecular flexibility index (Phi) is 3.98. The van der Waals surface area contributed by atoms with Crippen LogP contribution < -0.4 is 12.4 Å². The van der Waals surface area contributed by atoms with Crippen LogP contribution in [0.4, 0.5) is 0 Å². The van der Waals surface area contributed by atoms with Gasteiger partial charge in [0.1, 0.15) is 0 Å². The fourth-order valence-electron chi connectivity index (χ4n) is 4.54. The van der Waals surface area contributed by atoms with Gasteiger partial charge >= 0.3 is 144 Å². The minimum Gasteiger partial charge on any atom is -1.00 e. The molecule has 23 heavy (non-hydrogen) atoms. The predicted molar refractivity (Wildman–Crippen MR) is 88.6 cm³/mol. The molecule has 0 spiro atoms. The zero-order chi connectivity index (χ0) is 14.6. The predicted octanol–water partition coefficient (Wildman–Crippen LogP) is 2.67. The molecular weight excluding hydrogens is 379 g/mol. The number of benzene rings is 2. The van der Waals surface area contributed by atoms with Gasteiger partial charge in [0.2, 0.25) is 0 Å². The molecule has 0 aromatic heterocycles. The Morgan fingerprint density at radius 2 is 1.26 bits per heavy atom. The molecule has 0 saturated carbocycles. The van der Waals surface area contributed by atoms with Crippen LogP contribution in [0.5, 0.6) is 0 Å². The summed E-state index contributed by atoms with van der Waals surface area (Å²) < 4.78 is 2.11. The average Bonchev–Trinajstić information content (AvgIpc) is 3.13. The molecule has 2 heteroatoms. The fourth-order valence-corrected chi connectivity index (χ4v) is 8.89. The molecule has 1 saturated heterocycles. The summed E-state index contributed by atoms with van der Waals surface area (Å²) in [4.78, 5) is 0. The van der Waals surface area contributed by atoms with Crippen molar-refractivity contribution in [1.29, 1.82) is 0 Å². The average molecular weight is 397 g/mol. The van der Waals surface area contributed by atoms with Crippen LogP contribution in [0.2, 0.25) is 7.25 Å². The van der Waals surface area contributed by atoms with E-state index in [4.69, 9.17) is 0 Å². The summed E-state index contributed by atoms with van der Waals surface area (Å²) in [6.45, 7) is 0. The number of allylic oxidation sites excluding steroid dienone is 2. The standard InChI is InChI=1S/C21H18.ClH.Zr/c1-2-17(20-13-11-15-7-3-5-9-18(15)20)21-14-12-16-8-4-6-10-19(16)21;;/h3-14,20-21H,1-2H2;1H;/q;;+1/p-1.